The van der Waals surface area contributed by atoms with E-state index >= 15 is 0 Å². The predicted octanol–water partition coefficient (Wildman–Crippen LogP) is 5.36. The Kier molecular flexibility index (Phi) is 8.86. The van der Waals surface area contributed by atoms with Crippen molar-refractivity contribution in [3.8, 4) is 5.75 Å². The third kappa shape index (κ3) is 7.10. The van der Waals surface area contributed by atoms with Gasteiger partial charge in [-0.3, -0.25) is 9.78 Å². The van der Waals surface area contributed by atoms with E-state index in [-0.39, 0.29) is 17.7 Å². The highest BCUT2D eigenvalue weighted by Crippen LogP contribution is 2.40. The number of amides is 1. The van der Waals surface area contributed by atoms with Crippen molar-refractivity contribution in [2.75, 3.05) is 0 Å². The fourth-order valence-corrected chi connectivity index (χ4v) is 3.92. The van der Waals surface area contributed by atoms with Gasteiger partial charge in [-0.05, 0) is 30.7 Å². The highest BCUT2D eigenvalue weighted by molar-refractivity contribution is 5.86. The number of rotatable bonds is 5. The van der Waals surface area contributed by atoms with Crippen LogP contribution in [0.4, 0.5) is 13.2 Å². The smallest absolute Gasteiger partial charge is 0.490 e. The number of aromatic hydroxyl groups is 1. The molecule has 1 atom stereocenters. The van der Waals surface area contributed by atoms with Gasteiger partial charge in [0, 0.05) is 23.6 Å². The van der Waals surface area contributed by atoms with Crippen molar-refractivity contribution < 1.29 is 33.0 Å². The molecule has 0 aliphatic heterocycles. The molecule has 3 N–H and O–H groups in total. The maximum absolute atomic E-state index is 12.4. The molecule has 1 heterocycles. The Balaban J connectivity index is 0.000000451. The number of hydrogen-bond donors (Lipinski definition) is 3. The van der Waals surface area contributed by atoms with E-state index in [2.05, 4.69) is 10.3 Å². The Morgan fingerprint density at radius 2 is 1.78 bits per heavy atom. The van der Waals surface area contributed by atoms with Crippen LogP contribution in [0.1, 0.15) is 64.0 Å². The number of carboxylic acids is 1. The number of phenols is 1. The number of phenolic OH excluding ortho intramolecular Hbond substituents is 1. The van der Waals surface area contributed by atoms with Crippen molar-refractivity contribution in [1.82, 2.24) is 10.3 Å². The maximum Gasteiger partial charge on any atom is 0.490 e. The maximum atomic E-state index is 12.4. The fraction of sp³-hybridized carbons (Fsp3) is 0.522. The first kappa shape index (κ1) is 25.4. The summed E-state index contributed by atoms with van der Waals surface area (Å²) in [6.07, 6.45) is 2.93. The summed E-state index contributed by atoms with van der Waals surface area (Å²) >= 11 is 0. The number of pyridine rings is 1. The number of halogens is 3. The van der Waals surface area contributed by atoms with Crippen molar-refractivity contribution >= 4 is 22.8 Å². The molecule has 2 aromatic rings. The average molecular weight is 454 g/mol. The zero-order valence-electron chi connectivity index (χ0n) is 18.2. The number of alkyl halides is 3. The van der Waals surface area contributed by atoms with Crippen LogP contribution in [0.3, 0.4) is 0 Å². The molecule has 1 amide bonds. The van der Waals surface area contributed by atoms with Crippen LogP contribution >= 0.6 is 0 Å². The van der Waals surface area contributed by atoms with Gasteiger partial charge in [-0.15, -0.1) is 0 Å². The first-order valence-electron chi connectivity index (χ1n) is 10.7. The van der Waals surface area contributed by atoms with Crippen molar-refractivity contribution in [3.05, 3.63) is 36.0 Å². The molecule has 1 aromatic heterocycles. The van der Waals surface area contributed by atoms with E-state index in [1.54, 1.807) is 6.20 Å². The molecule has 176 valence electrons. The van der Waals surface area contributed by atoms with Crippen LogP contribution in [0.25, 0.3) is 10.9 Å². The number of carbonyl (C=O) groups is 2. The Morgan fingerprint density at radius 3 is 2.34 bits per heavy atom. The number of nitrogens with one attached hydrogen (secondary N) is 1. The van der Waals surface area contributed by atoms with Gasteiger partial charge in [-0.1, -0.05) is 51.3 Å². The van der Waals surface area contributed by atoms with Crippen molar-refractivity contribution in [2.24, 2.45) is 11.8 Å². The first-order valence-corrected chi connectivity index (χ1v) is 10.7. The number of nitrogens with zero attached hydrogens (tertiary/aromatic N) is 1. The molecule has 1 saturated carbocycles. The number of fused-ring (bicyclic) bond motifs is 1. The summed E-state index contributed by atoms with van der Waals surface area (Å²) in [5.41, 5.74) is 1.41. The van der Waals surface area contributed by atoms with Crippen molar-refractivity contribution in [1.29, 1.82) is 0 Å². The van der Waals surface area contributed by atoms with Gasteiger partial charge in [0.15, 0.2) is 0 Å². The topological polar surface area (TPSA) is 99.5 Å². The second-order valence-electron chi connectivity index (χ2n) is 8.42. The molecular weight excluding hydrogens is 425 g/mol. The minimum absolute atomic E-state index is 0.0612. The number of hydrogen-bond acceptors (Lipinski definition) is 4. The highest BCUT2D eigenvalue weighted by Gasteiger charge is 2.38. The molecule has 1 aliphatic carbocycles. The van der Waals surface area contributed by atoms with E-state index in [0.717, 1.165) is 23.8 Å². The standard InChI is InChI=1S/C21H28N2O2.C2HF3O2/c1-14(2)13-18(24)23-19(15-7-4-3-5-8-15)17-11-10-16-9-6-12-22-20(16)21(17)25;3-2(4,5)1(6)7/h6,9-12,14-15,19,25H,3-5,7-8,13H2,1-2H3,(H,23,24);(H,6,7). The Bertz CT molecular complexity index is 925. The number of carbonyl (C=O) groups excluding carboxylic acids is 1. The number of aromatic nitrogens is 1. The molecule has 1 fully saturated rings. The van der Waals surface area contributed by atoms with E-state index in [1.165, 1.54) is 19.3 Å². The van der Waals surface area contributed by atoms with Crippen LogP contribution in [0.5, 0.6) is 5.75 Å². The lowest BCUT2D eigenvalue weighted by atomic mass is 9.80. The lowest BCUT2D eigenvalue weighted by Gasteiger charge is -2.32. The number of benzene rings is 1. The second kappa shape index (κ2) is 11.2. The summed E-state index contributed by atoms with van der Waals surface area (Å²) in [5.74, 6) is -1.80. The van der Waals surface area contributed by atoms with Gasteiger partial charge < -0.3 is 15.5 Å². The third-order valence-electron chi connectivity index (χ3n) is 5.39. The van der Waals surface area contributed by atoms with Crippen molar-refractivity contribution in [2.45, 2.75) is 64.6 Å². The van der Waals surface area contributed by atoms with Crippen LogP contribution in [-0.4, -0.2) is 33.2 Å². The summed E-state index contributed by atoms with van der Waals surface area (Å²) in [5, 5.41) is 22.1. The minimum atomic E-state index is -5.08. The lowest BCUT2D eigenvalue weighted by Crippen LogP contribution is -2.35. The zero-order chi connectivity index (χ0) is 23.9. The summed E-state index contributed by atoms with van der Waals surface area (Å²) in [7, 11) is 0. The second-order valence-corrected chi connectivity index (χ2v) is 8.42. The van der Waals surface area contributed by atoms with E-state index < -0.39 is 12.1 Å². The molecule has 9 heteroatoms. The van der Waals surface area contributed by atoms with Gasteiger partial charge in [-0.25, -0.2) is 4.79 Å². The molecule has 3 rings (SSSR count). The van der Waals surface area contributed by atoms with E-state index in [9.17, 15) is 23.1 Å². The van der Waals surface area contributed by atoms with Gasteiger partial charge in [0.25, 0.3) is 0 Å². The Labute approximate surface area is 184 Å². The molecule has 1 aliphatic rings. The van der Waals surface area contributed by atoms with Crippen LogP contribution < -0.4 is 5.32 Å². The quantitative estimate of drug-likeness (QED) is 0.565. The van der Waals surface area contributed by atoms with Crippen LogP contribution in [-0.2, 0) is 9.59 Å². The summed E-state index contributed by atoms with van der Waals surface area (Å²) in [4.78, 5) is 25.7. The van der Waals surface area contributed by atoms with Gasteiger partial charge in [0.2, 0.25) is 5.91 Å². The Morgan fingerprint density at radius 1 is 1.16 bits per heavy atom. The van der Waals surface area contributed by atoms with Crippen LogP contribution in [0.15, 0.2) is 30.5 Å². The van der Waals surface area contributed by atoms with Crippen LogP contribution in [0, 0.1) is 11.8 Å². The monoisotopic (exact) mass is 454 g/mol. The minimum Gasteiger partial charge on any atom is -0.505 e. The molecule has 1 unspecified atom stereocenters. The zero-order valence-corrected chi connectivity index (χ0v) is 18.2. The number of carboxylic acid groups (broad SMARTS) is 1. The summed E-state index contributed by atoms with van der Waals surface area (Å²) < 4.78 is 31.7. The fourth-order valence-electron chi connectivity index (χ4n) is 3.92. The van der Waals surface area contributed by atoms with Gasteiger partial charge in [0.05, 0.1) is 6.04 Å². The largest absolute Gasteiger partial charge is 0.505 e. The van der Waals surface area contributed by atoms with Gasteiger partial charge in [-0.2, -0.15) is 13.2 Å². The predicted molar refractivity (Wildman–Crippen MR) is 114 cm³/mol. The molecule has 6 nitrogen and oxygen atoms in total. The van der Waals surface area contributed by atoms with Crippen molar-refractivity contribution in [3.63, 3.8) is 0 Å². The Hall–Kier alpha value is -2.84. The van der Waals surface area contributed by atoms with E-state index in [1.807, 2.05) is 38.1 Å². The number of aliphatic carboxylic acids is 1. The third-order valence-corrected chi connectivity index (χ3v) is 5.39. The average Bonchev–Trinajstić information content (AvgIpc) is 2.73. The lowest BCUT2D eigenvalue weighted by molar-refractivity contribution is -0.192. The molecule has 0 spiro atoms. The highest BCUT2D eigenvalue weighted by atomic mass is 19.4. The van der Waals surface area contributed by atoms with Gasteiger partial charge >= 0.3 is 12.1 Å². The molecule has 1 aromatic carbocycles. The molecule has 0 saturated heterocycles. The first-order chi connectivity index (χ1) is 15.0. The van der Waals surface area contributed by atoms with Crippen LogP contribution in [0.2, 0.25) is 0 Å². The summed E-state index contributed by atoms with van der Waals surface area (Å²) in [6.45, 7) is 4.10. The molecule has 0 bridgehead atoms. The molecule has 0 radical (unpaired) electrons. The van der Waals surface area contributed by atoms with E-state index in [4.69, 9.17) is 9.90 Å². The van der Waals surface area contributed by atoms with E-state index in [0.29, 0.717) is 23.8 Å². The van der Waals surface area contributed by atoms with Gasteiger partial charge in [0.1, 0.15) is 11.3 Å². The molecular formula is C23H29F3N2O4. The SMILES string of the molecule is CC(C)CC(=O)NC(c1ccc2cccnc2c1O)C1CCCCC1.O=C(O)C(F)(F)F. The molecule has 32 heavy (non-hydrogen) atoms. The summed E-state index contributed by atoms with van der Waals surface area (Å²) in [6, 6.07) is 7.61. The normalized spacial score (nSPS) is 15.7.